The second-order valence-electron chi connectivity index (χ2n) is 5.99. The molecule has 1 aliphatic carbocycles. The fourth-order valence-corrected chi connectivity index (χ4v) is 2.61. The minimum Gasteiger partial charge on any atom is -0.461 e. The van der Waals surface area contributed by atoms with Crippen LogP contribution >= 0.6 is 0 Å². The molecule has 7 nitrogen and oxygen atoms in total. The molecule has 0 spiro atoms. The lowest BCUT2D eigenvalue weighted by Gasteiger charge is -2.24. The second kappa shape index (κ2) is 12.0. The van der Waals surface area contributed by atoms with Gasteiger partial charge in [-0.1, -0.05) is 37.5 Å². The van der Waals surface area contributed by atoms with Crippen molar-refractivity contribution in [2.75, 3.05) is 6.61 Å². The third-order valence-electron chi connectivity index (χ3n) is 3.83. The monoisotopic (exact) mass is 404 g/mol. The molecule has 28 heavy (non-hydrogen) atoms. The zero-order chi connectivity index (χ0) is 21.0. The Morgan fingerprint density at radius 2 is 1.79 bits per heavy atom. The number of para-hydroxylation sites is 1. The molecule has 6 N–H and O–H groups in total. The number of alkyl halides is 3. The number of nitrogens with one attached hydrogen (secondary N) is 2. The van der Waals surface area contributed by atoms with Crippen molar-refractivity contribution in [1.29, 1.82) is 0 Å². The summed E-state index contributed by atoms with van der Waals surface area (Å²) < 4.78 is 43.0. The largest absolute Gasteiger partial charge is 0.573 e. The Balaban J connectivity index is 0.000000307. The number of hydrogen-bond donors (Lipinski definition) is 4. The first-order valence-corrected chi connectivity index (χ1v) is 8.97. The van der Waals surface area contributed by atoms with Crippen molar-refractivity contribution in [3.8, 4) is 5.75 Å². The molecule has 1 aliphatic rings. The van der Waals surface area contributed by atoms with Crippen LogP contribution in [-0.4, -0.2) is 25.0 Å². The Morgan fingerprint density at radius 1 is 1.18 bits per heavy atom. The molecular weight excluding hydrogens is 377 g/mol. The zero-order valence-corrected chi connectivity index (χ0v) is 15.7. The van der Waals surface area contributed by atoms with Crippen molar-refractivity contribution < 1.29 is 27.4 Å². The molecule has 0 radical (unpaired) electrons. The summed E-state index contributed by atoms with van der Waals surface area (Å²) in [5, 5.41) is 3.12. The number of benzene rings is 1. The highest BCUT2D eigenvalue weighted by molar-refractivity contribution is 5.88. The Morgan fingerprint density at radius 3 is 2.29 bits per heavy atom. The zero-order valence-electron chi connectivity index (χ0n) is 15.7. The summed E-state index contributed by atoms with van der Waals surface area (Å²) in [4.78, 5) is 11.5. The van der Waals surface area contributed by atoms with Gasteiger partial charge in [0.25, 0.3) is 0 Å². The highest BCUT2D eigenvalue weighted by Gasteiger charge is 2.30. The molecule has 0 aliphatic heterocycles. The van der Waals surface area contributed by atoms with E-state index in [0.29, 0.717) is 12.6 Å². The first kappa shape index (κ1) is 23.4. The molecular formula is C18H27F3N4O3. The number of rotatable bonds is 6. The van der Waals surface area contributed by atoms with Gasteiger partial charge in [0.15, 0.2) is 5.70 Å². The van der Waals surface area contributed by atoms with Gasteiger partial charge in [-0.2, -0.15) is 0 Å². The van der Waals surface area contributed by atoms with E-state index in [2.05, 4.69) is 15.5 Å². The van der Waals surface area contributed by atoms with Gasteiger partial charge in [0, 0.05) is 6.04 Å². The van der Waals surface area contributed by atoms with E-state index in [-0.39, 0.29) is 17.3 Å². The molecule has 0 amide bonds. The van der Waals surface area contributed by atoms with E-state index in [1.165, 1.54) is 43.5 Å². The van der Waals surface area contributed by atoms with Crippen LogP contribution in [0.15, 0.2) is 41.8 Å². The summed E-state index contributed by atoms with van der Waals surface area (Å²) in [5.74, 6) is 4.82. The standard InChI is InChI=1S/C11H22N4O2.C7H5F3O/c1-2-17-11(16)9(15-13)10(12)14-8-6-4-3-5-7-8;8-7(9,10)11-6-4-2-1-3-5-6/h8,14-15H,2-7,12-13H2,1H3;1-5H/b10-9+;. The average molecular weight is 404 g/mol. The van der Waals surface area contributed by atoms with Crippen LogP contribution in [0.3, 0.4) is 0 Å². The minimum atomic E-state index is -4.60. The average Bonchev–Trinajstić information content (AvgIpc) is 2.63. The molecule has 0 atom stereocenters. The van der Waals surface area contributed by atoms with E-state index in [9.17, 15) is 18.0 Å². The van der Waals surface area contributed by atoms with Crippen LogP contribution in [0.4, 0.5) is 13.2 Å². The van der Waals surface area contributed by atoms with Crippen LogP contribution in [0.25, 0.3) is 0 Å². The van der Waals surface area contributed by atoms with E-state index in [1.807, 2.05) is 0 Å². The third kappa shape index (κ3) is 9.36. The van der Waals surface area contributed by atoms with E-state index in [1.54, 1.807) is 13.0 Å². The number of carbonyl (C=O) groups excluding carboxylic acids is 1. The van der Waals surface area contributed by atoms with Crippen molar-refractivity contribution >= 4 is 5.97 Å². The number of nitrogens with two attached hydrogens (primary N) is 2. The van der Waals surface area contributed by atoms with Crippen molar-refractivity contribution in [2.24, 2.45) is 11.6 Å². The van der Waals surface area contributed by atoms with Crippen molar-refractivity contribution in [2.45, 2.75) is 51.4 Å². The fourth-order valence-electron chi connectivity index (χ4n) is 2.61. The van der Waals surface area contributed by atoms with Gasteiger partial charge in [0.05, 0.1) is 6.61 Å². The summed E-state index contributed by atoms with van der Waals surface area (Å²) in [6, 6.07) is 7.37. The first-order chi connectivity index (χ1) is 13.3. The van der Waals surface area contributed by atoms with E-state index < -0.39 is 12.3 Å². The smallest absolute Gasteiger partial charge is 0.461 e. The van der Waals surface area contributed by atoms with Crippen molar-refractivity contribution in [3.63, 3.8) is 0 Å². The SMILES string of the molecule is CCOC(=O)/C(NN)=C(/N)NC1CCCCC1.FC(F)(F)Oc1ccccc1. The molecule has 0 bridgehead atoms. The third-order valence-corrected chi connectivity index (χ3v) is 3.83. The molecule has 0 heterocycles. The lowest BCUT2D eigenvalue weighted by molar-refractivity contribution is -0.274. The van der Waals surface area contributed by atoms with Crippen LogP contribution < -0.4 is 27.1 Å². The van der Waals surface area contributed by atoms with Gasteiger partial charge in [-0.15, -0.1) is 13.2 Å². The molecule has 158 valence electrons. The van der Waals surface area contributed by atoms with Gasteiger partial charge in [-0.3, -0.25) is 5.84 Å². The van der Waals surface area contributed by atoms with Gasteiger partial charge in [0.2, 0.25) is 0 Å². The highest BCUT2D eigenvalue weighted by atomic mass is 19.4. The Labute approximate surface area is 162 Å². The predicted octanol–water partition coefficient (Wildman–Crippen LogP) is 2.65. The van der Waals surface area contributed by atoms with Crippen LogP contribution in [0.2, 0.25) is 0 Å². The summed E-state index contributed by atoms with van der Waals surface area (Å²) in [7, 11) is 0. The maximum absolute atomic E-state index is 11.5. The van der Waals surface area contributed by atoms with Crippen molar-refractivity contribution in [1.82, 2.24) is 10.7 Å². The summed E-state index contributed by atoms with van der Waals surface area (Å²) in [5.41, 5.74) is 8.20. The quantitative estimate of drug-likeness (QED) is 0.250. The van der Waals surface area contributed by atoms with Gasteiger partial charge in [-0.25, -0.2) is 4.79 Å². The maximum atomic E-state index is 11.5. The Hall–Kier alpha value is -2.62. The Kier molecular flexibility index (Phi) is 10.0. The van der Waals surface area contributed by atoms with E-state index in [4.69, 9.17) is 16.3 Å². The molecule has 1 aromatic carbocycles. The molecule has 1 fully saturated rings. The number of hydrogen-bond acceptors (Lipinski definition) is 7. The summed E-state index contributed by atoms with van der Waals surface area (Å²) in [6.45, 7) is 2.03. The molecule has 0 unspecified atom stereocenters. The van der Waals surface area contributed by atoms with E-state index in [0.717, 1.165) is 12.8 Å². The summed E-state index contributed by atoms with van der Waals surface area (Å²) in [6.07, 6.45) is 1.19. The Bertz CT molecular complexity index is 618. The van der Waals surface area contributed by atoms with Crippen LogP contribution in [0, 0.1) is 0 Å². The van der Waals surface area contributed by atoms with Gasteiger partial charge >= 0.3 is 12.3 Å². The lowest BCUT2D eigenvalue weighted by Crippen LogP contribution is -2.40. The molecule has 10 heteroatoms. The topological polar surface area (TPSA) is 112 Å². The van der Waals surface area contributed by atoms with Crippen LogP contribution in [0.5, 0.6) is 5.75 Å². The first-order valence-electron chi connectivity index (χ1n) is 8.97. The maximum Gasteiger partial charge on any atom is 0.573 e. The number of halogens is 3. The highest BCUT2D eigenvalue weighted by Crippen LogP contribution is 2.21. The van der Waals surface area contributed by atoms with Crippen molar-refractivity contribution in [3.05, 3.63) is 41.8 Å². The molecule has 2 rings (SSSR count). The summed E-state index contributed by atoms with van der Waals surface area (Å²) >= 11 is 0. The second-order valence-corrected chi connectivity index (χ2v) is 5.99. The molecule has 0 aromatic heterocycles. The van der Waals surface area contributed by atoms with Gasteiger partial charge in [0.1, 0.15) is 11.6 Å². The molecule has 1 saturated carbocycles. The van der Waals surface area contributed by atoms with Gasteiger partial charge < -0.3 is 25.9 Å². The number of hydrazine groups is 1. The predicted molar refractivity (Wildman–Crippen MR) is 98.3 cm³/mol. The number of esters is 1. The normalized spacial score (nSPS) is 15.5. The van der Waals surface area contributed by atoms with Crippen LogP contribution in [-0.2, 0) is 9.53 Å². The lowest BCUT2D eigenvalue weighted by atomic mass is 9.95. The number of carbonyl (C=O) groups is 1. The number of ether oxygens (including phenoxy) is 2. The van der Waals surface area contributed by atoms with Crippen LogP contribution in [0.1, 0.15) is 39.0 Å². The molecule has 0 saturated heterocycles. The van der Waals surface area contributed by atoms with Gasteiger partial charge in [-0.05, 0) is 31.9 Å². The fraction of sp³-hybridized carbons (Fsp3) is 0.500. The minimum absolute atomic E-state index is 0.0948. The molecule has 1 aromatic rings. The van der Waals surface area contributed by atoms with E-state index >= 15 is 0 Å².